The predicted molar refractivity (Wildman–Crippen MR) is 107 cm³/mol. The highest BCUT2D eigenvalue weighted by atomic mass is 35.5. The Morgan fingerprint density at radius 2 is 1.59 bits per heavy atom. The summed E-state index contributed by atoms with van der Waals surface area (Å²) in [7, 11) is 0. The Morgan fingerprint density at radius 3 is 1.96 bits per heavy atom. The van der Waals surface area contributed by atoms with Gasteiger partial charge in [0.25, 0.3) is 0 Å². The fraction of sp³-hybridized carbons (Fsp3) is 0.833. The van der Waals surface area contributed by atoms with Gasteiger partial charge in [0.2, 0.25) is 11.8 Å². The summed E-state index contributed by atoms with van der Waals surface area (Å²) in [5.74, 6) is 4.22. The van der Waals surface area contributed by atoms with Crippen molar-refractivity contribution in [2.75, 3.05) is 0 Å². The van der Waals surface area contributed by atoms with Gasteiger partial charge in [-0.1, -0.05) is 27.7 Å². The molecule has 0 rings (SSSR count). The third kappa shape index (κ3) is 9.51. The van der Waals surface area contributed by atoms with Gasteiger partial charge in [-0.05, 0) is 44.4 Å². The highest BCUT2D eigenvalue weighted by Gasteiger charge is 2.43. The van der Waals surface area contributed by atoms with Crippen molar-refractivity contribution in [1.82, 2.24) is 10.9 Å². The monoisotopic (exact) mass is 408 g/mol. The lowest BCUT2D eigenvalue weighted by Crippen LogP contribution is -2.47. The molecule has 0 aromatic heterocycles. The van der Waals surface area contributed by atoms with Crippen LogP contribution >= 0.6 is 12.4 Å². The average Bonchev–Trinajstić information content (AvgIpc) is 2.56. The molecule has 0 bridgehead atoms. The standard InChI is InChI=1S/C18H36N4O4.ClH/c1-11(2)8-14(17(25)21-20)10-18(9-12(3)4,16(24)13(5)19)7-6-15(23)22-26;/h11-14,26H,6-10,19-20H2,1-5H3,(H,21,25)(H,22,23);1H/t13-,14-,18?;/m1./s1. The zero-order chi connectivity index (χ0) is 20.5. The van der Waals surface area contributed by atoms with Crippen LogP contribution in [0.25, 0.3) is 0 Å². The van der Waals surface area contributed by atoms with E-state index in [9.17, 15) is 14.4 Å². The summed E-state index contributed by atoms with van der Waals surface area (Å²) >= 11 is 0. The Labute approximate surface area is 168 Å². The molecule has 9 heteroatoms. The maximum Gasteiger partial charge on any atom is 0.243 e. The molecule has 0 aliphatic heterocycles. The topological polar surface area (TPSA) is 148 Å². The highest BCUT2D eigenvalue weighted by Crippen LogP contribution is 2.41. The lowest BCUT2D eigenvalue weighted by Gasteiger charge is -2.38. The van der Waals surface area contributed by atoms with E-state index >= 15 is 0 Å². The second kappa shape index (κ2) is 13.0. The first-order chi connectivity index (χ1) is 12.0. The van der Waals surface area contributed by atoms with E-state index < -0.39 is 23.3 Å². The first kappa shape index (κ1) is 28.0. The normalized spacial score (nSPS) is 15.5. The van der Waals surface area contributed by atoms with Gasteiger partial charge in [0.15, 0.2) is 5.78 Å². The molecular formula is C18H37ClN4O4. The van der Waals surface area contributed by atoms with E-state index in [2.05, 4.69) is 5.43 Å². The number of hydrazine groups is 1. The molecule has 2 amide bonds. The number of carbonyl (C=O) groups is 3. The molecule has 0 saturated heterocycles. The lowest BCUT2D eigenvalue weighted by atomic mass is 9.65. The molecule has 8 nitrogen and oxygen atoms in total. The molecule has 0 aromatic rings. The second-order valence-corrected chi connectivity index (χ2v) is 8.11. The molecule has 7 N–H and O–H groups in total. The molecule has 0 saturated carbocycles. The van der Waals surface area contributed by atoms with Crippen LogP contribution in [0.1, 0.15) is 66.7 Å². The van der Waals surface area contributed by atoms with Crippen molar-refractivity contribution >= 4 is 30.0 Å². The Morgan fingerprint density at radius 1 is 1.04 bits per heavy atom. The van der Waals surface area contributed by atoms with E-state index in [1.54, 1.807) is 12.4 Å². The van der Waals surface area contributed by atoms with Crippen LogP contribution in [0.5, 0.6) is 0 Å². The van der Waals surface area contributed by atoms with Gasteiger partial charge in [0.1, 0.15) is 0 Å². The van der Waals surface area contributed by atoms with E-state index in [1.165, 1.54) is 0 Å². The smallest absolute Gasteiger partial charge is 0.243 e. The number of halogens is 1. The number of amides is 2. The van der Waals surface area contributed by atoms with Crippen LogP contribution in [0.3, 0.4) is 0 Å². The molecule has 0 radical (unpaired) electrons. The average molecular weight is 409 g/mol. The minimum Gasteiger partial charge on any atom is -0.322 e. The molecule has 1 unspecified atom stereocenters. The zero-order valence-corrected chi connectivity index (χ0v) is 17.9. The number of carbonyl (C=O) groups excluding carboxylic acids is 3. The van der Waals surface area contributed by atoms with Gasteiger partial charge in [0.05, 0.1) is 6.04 Å². The van der Waals surface area contributed by atoms with Crippen LogP contribution in [-0.4, -0.2) is 28.8 Å². The van der Waals surface area contributed by atoms with Crippen LogP contribution in [0, 0.1) is 23.2 Å². The summed E-state index contributed by atoms with van der Waals surface area (Å²) in [5, 5.41) is 8.80. The van der Waals surface area contributed by atoms with Crippen molar-refractivity contribution in [2.24, 2.45) is 34.7 Å². The number of hydroxylamine groups is 1. The first-order valence-electron chi connectivity index (χ1n) is 9.22. The molecule has 0 aliphatic rings. The summed E-state index contributed by atoms with van der Waals surface area (Å²) in [6.45, 7) is 9.57. The van der Waals surface area contributed by atoms with Gasteiger partial charge in [-0.15, -0.1) is 12.4 Å². The Balaban J connectivity index is 0. The van der Waals surface area contributed by atoms with Crippen molar-refractivity contribution < 1.29 is 19.6 Å². The molecule has 0 aromatic carbocycles. The molecular weight excluding hydrogens is 372 g/mol. The molecule has 27 heavy (non-hydrogen) atoms. The number of ketones is 1. The largest absolute Gasteiger partial charge is 0.322 e. The van der Waals surface area contributed by atoms with E-state index in [1.807, 2.05) is 27.7 Å². The fourth-order valence-electron chi connectivity index (χ4n) is 3.73. The first-order valence-corrected chi connectivity index (χ1v) is 9.22. The van der Waals surface area contributed by atoms with Crippen LogP contribution in [-0.2, 0) is 14.4 Å². The minimum atomic E-state index is -0.930. The molecule has 0 aliphatic carbocycles. The predicted octanol–water partition coefficient (Wildman–Crippen LogP) is 1.68. The third-order valence-electron chi connectivity index (χ3n) is 4.60. The maximum atomic E-state index is 13.1. The quantitative estimate of drug-likeness (QED) is 0.143. The summed E-state index contributed by atoms with van der Waals surface area (Å²) < 4.78 is 0. The SMILES string of the molecule is CC(C)C[C@H](CC(CCC(=O)NO)(CC(C)C)C(=O)[C@@H](C)N)C(=O)NN.Cl. The van der Waals surface area contributed by atoms with Crippen molar-refractivity contribution in [3.63, 3.8) is 0 Å². The summed E-state index contributed by atoms with van der Waals surface area (Å²) in [6, 6.07) is -0.716. The van der Waals surface area contributed by atoms with Gasteiger partial charge in [-0.2, -0.15) is 0 Å². The van der Waals surface area contributed by atoms with Gasteiger partial charge >= 0.3 is 0 Å². The third-order valence-corrected chi connectivity index (χ3v) is 4.60. The summed E-state index contributed by atoms with van der Waals surface area (Å²) in [4.78, 5) is 36.9. The van der Waals surface area contributed by atoms with Crippen LogP contribution in [0.15, 0.2) is 0 Å². The molecule has 0 heterocycles. The van der Waals surface area contributed by atoms with Gasteiger partial charge in [0, 0.05) is 17.8 Å². The number of nitrogens with two attached hydrogens (primary N) is 2. The van der Waals surface area contributed by atoms with E-state index in [0.717, 1.165) is 0 Å². The van der Waals surface area contributed by atoms with Crippen molar-refractivity contribution in [3.05, 3.63) is 0 Å². The zero-order valence-electron chi connectivity index (χ0n) is 17.1. The number of rotatable bonds is 12. The number of hydrogen-bond donors (Lipinski definition) is 5. The van der Waals surface area contributed by atoms with Gasteiger partial charge < -0.3 is 5.73 Å². The van der Waals surface area contributed by atoms with Crippen LogP contribution in [0.2, 0.25) is 0 Å². The van der Waals surface area contributed by atoms with E-state index in [-0.39, 0.29) is 55.2 Å². The van der Waals surface area contributed by atoms with E-state index in [0.29, 0.717) is 12.8 Å². The summed E-state index contributed by atoms with van der Waals surface area (Å²) in [6.07, 6.45) is 1.52. The molecule has 0 fully saturated rings. The Hall–Kier alpha value is -1.22. The summed E-state index contributed by atoms with van der Waals surface area (Å²) in [5.41, 5.74) is 8.76. The lowest BCUT2D eigenvalue weighted by molar-refractivity contribution is -0.136. The van der Waals surface area contributed by atoms with E-state index in [4.69, 9.17) is 16.8 Å². The van der Waals surface area contributed by atoms with Gasteiger partial charge in [-0.25, -0.2) is 11.3 Å². The van der Waals surface area contributed by atoms with Crippen molar-refractivity contribution in [1.29, 1.82) is 0 Å². The molecule has 160 valence electrons. The number of hydrogen-bond acceptors (Lipinski definition) is 6. The van der Waals surface area contributed by atoms with Crippen LogP contribution < -0.4 is 22.5 Å². The minimum absolute atomic E-state index is 0. The van der Waals surface area contributed by atoms with Crippen molar-refractivity contribution in [3.8, 4) is 0 Å². The fourth-order valence-corrected chi connectivity index (χ4v) is 3.73. The Bertz CT molecular complexity index is 486. The Kier molecular flexibility index (Phi) is 13.5. The maximum absolute atomic E-state index is 13.1. The molecule has 3 atom stereocenters. The number of Topliss-reactive ketones (excluding diaryl/α,β-unsaturated/α-hetero) is 1. The second-order valence-electron chi connectivity index (χ2n) is 8.11. The number of nitrogens with one attached hydrogen (secondary N) is 2. The van der Waals surface area contributed by atoms with Crippen LogP contribution in [0.4, 0.5) is 0 Å². The van der Waals surface area contributed by atoms with Gasteiger partial charge in [-0.3, -0.25) is 25.0 Å². The van der Waals surface area contributed by atoms with Crippen molar-refractivity contribution in [2.45, 2.75) is 72.8 Å². The highest BCUT2D eigenvalue weighted by molar-refractivity contribution is 5.90. The molecule has 0 spiro atoms.